The molecule has 0 radical (unpaired) electrons. The molecule has 0 spiro atoms. The van der Waals surface area contributed by atoms with Crippen LogP contribution >= 0.6 is 0 Å². The summed E-state index contributed by atoms with van der Waals surface area (Å²) in [6, 6.07) is 9.74. The van der Waals surface area contributed by atoms with E-state index in [9.17, 15) is 5.11 Å². The van der Waals surface area contributed by atoms with Crippen LogP contribution in [0.1, 0.15) is 25.7 Å². The average molecular weight is 277 g/mol. The van der Waals surface area contributed by atoms with Gasteiger partial charge in [0.15, 0.2) is 6.29 Å². The Morgan fingerprint density at radius 2 is 1.90 bits per heavy atom. The molecule has 4 heteroatoms. The molecule has 20 heavy (non-hydrogen) atoms. The fourth-order valence-corrected chi connectivity index (χ4v) is 2.97. The number of aliphatic hydroxyl groups is 1. The predicted octanol–water partition coefficient (Wildman–Crippen LogP) is 2.03. The zero-order valence-corrected chi connectivity index (χ0v) is 11.8. The molecule has 3 atom stereocenters. The maximum absolute atomic E-state index is 10.1. The molecular weight excluding hydrogens is 254 g/mol. The lowest BCUT2D eigenvalue weighted by Gasteiger charge is -2.35. The highest BCUT2D eigenvalue weighted by molar-refractivity contribution is 5.21. The minimum atomic E-state index is -0.369. The van der Waals surface area contributed by atoms with Crippen LogP contribution < -0.4 is 4.74 Å². The smallest absolute Gasteiger partial charge is 0.200 e. The topological polar surface area (TPSA) is 41.9 Å². The Balaban J connectivity index is 1.55. The lowest BCUT2D eigenvalue weighted by atomic mass is 10.0. The molecule has 2 aliphatic heterocycles. The normalized spacial score (nSPS) is 31.4. The van der Waals surface area contributed by atoms with Gasteiger partial charge in [0.1, 0.15) is 11.9 Å². The Morgan fingerprint density at radius 3 is 2.65 bits per heavy atom. The largest absolute Gasteiger partial charge is 0.465 e. The van der Waals surface area contributed by atoms with Crippen molar-refractivity contribution in [2.24, 2.45) is 0 Å². The first-order valence-electron chi connectivity index (χ1n) is 7.59. The van der Waals surface area contributed by atoms with E-state index < -0.39 is 0 Å². The second-order valence-corrected chi connectivity index (χ2v) is 5.69. The molecule has 0 bridgehead atoms. The van der Waals surface area contributed by atoms with Gasteiger partial charge in [-0.2, -0.15) is 0 Å². The molecule has 0 aromatic heterocycles. The number of para-hydroxylation sites is 1. The third-order valence-electron chi connectivity index (χ3n) is 4.10. The zero-order chi connectivity index (χ0) is 13.8. The summed E-state index contributed by atoms with van der Waals surface area (Å²) in [5.41, 5.74) is 0. The summed E-state index contributed by atoms with van der Waals surface area (Å²) in [5, 5.41) is 10.1. The summed E-state index contributed by atoms with van der Waals surface area (Å²) in [6.45, 7) is 3.06. The number of ether oxygens (including phenoxy) is 2. The molecule has 0 saturated carbocycles. The molecule has 4 nitrogen and oxygen atoms in total. The van der Waals surface area contributed by atoms with Crippen molar-refractivity contribution >= 4 is 0 Å². The van der Waals surface area contributed by atoms with Crippen molar-refractivity contribution in [3.05, 3.63) is 30.3 Å². The molecule has 1 aromatic rings. The van der Waals surface area contributed by atoms with Crippen LogP contribution in [0.25, 0.3) is 0 Å². The third kappa shape index (κ3) is 3.51. The molecule has 0 unspecified atom stereocenters. The van der Waals surface area contributed by atoms with Crippen molar-refractivity contribution in [1.29, 1.82) is 0 Å². The van der Waals surface area contributed by atoms with Gasteiger partial charge in [0, 0.05) is 13.0 Å². The van der Waals surface area contributed by atoms with Gasteiger partial charge in [-0.25, -0.2) is 0 Å². The van der Waals surface area contributed by atoms with Crippen LogP contribution in [0.5, 0.6) is 5.75 Å². The molecule has 2 aliphatic rings. The Hall–Kier alpha value is -1.10. The van der Waals surface area contributed by atoms with Crippen molar-refractivity contribution in [3.8, 4) is 5.75 Å². The van der Waals surface area contributed by atoms with Crippen molar-refractivity contribution < 1.29 is 14.6 Å². The molecule has 1 N–H and O–H groups in total. The lowest BCUT2D eigenvalue weighted by molar-refractivity contribution is -0.190. The van der Waals surface area contributed by atoms with E-state index >= 15 is 0 Å². The first-order chi connectivity index (χ1) is 9.81. The Labute approximate surface area is 120 Å². The fraction of sp³-hybridized carbons (Fsp3) is 0.625. The first-order valence-corrected chi connectivity index (χ1v) is 7.59. The van der Waals surface area contributed by atoms with Crippen LogP contribution in [-0.4, -0.2) is 48.1 Å². The SMILES string of the molecule is O[C@H]1CC[C@@H](Oc2ccccc2)O[C@@H]1CN1CCCC1. The van der Waals surface area contributed by atoms with Gasteiger partial charge >= 0.3 is 0 Å². The van der Waals surface area contributed by atoms with Crippen LogP contribution in [0.4, 0.5) is 0 Å². The fourth-order valence-electron chi connectivity index (χ4n) is 2.97. The number of hydrogen-bond acceptors (Lipinski definition) is 4. The average Bonchev–Trinajstić information content (AvgIpc) is 2.97. The predicted molar refractivity (Wildman–Crippen MR) is 76.6 cm³/mol. The molecule has 2 saturated heterocycles. The number of likely N-dealkylation sites (tertiary alicyclic amines) is 1. The van der Waals surface area contributed by atoms with Gasteiger partial charge in [0.25, 0.3) is 0 Å². The molecule has 1 aromatic carbocycles. The van der Waals surface area contributed by atoms with Crippen molar-refractivity contribution in [3.63, 3.8) is 0 Å². The molecule has 3 rings (SSSR count). The van der Waals surface area contributed by atoms with E-state index in [1.807, 2.05) is 30.3 Å². The van der Waals surface area contributed by atoms with E-state index in [-0.39, 0.29) is 18.5 Å². The van der Waals surface area contributed by atoms with E-state index in [1.165, 1.54) is 12.8 Å². The maximum atomic E-state index is 10.1. The molecule has 0 aliphatic carbocycles. The summed E-state index contributed by atoms with van der Waals surface area (Å²) in [5.74, 6) is 0.828. The number of nitrogens with zero attached hydrogens (tertiary/aromatic N) is 1. The molecule has 2 heterocycles. The second-order valence-electron chi connectivity index (χ2n) is 5.69. The van der Waals surface area contributed by atoms with Gasteiger partial charge in [-0.1, -0.05) is 18.2 Å². The van der Waals surface area contributed by atoms with E-state index in [2.05, 4.69) is 4.90 Å². The zero-order valence-electron chi connectivity index (χ0n) is 11.8. The quantitative estimate of drug-likeness (QED) is 0.914. The third-order valence-corrected chi connectivity index (χ3v) is 4.10. The highest BCUT2D eigenvalue weighted by Crippen LogP contribution is 2.24. The van der Waals surface area contributed by atoms with Crippen molar-refractivity contribution in [2.45, 2.75) is 44.2 Å². The second kappa shape index (κ2) is 6.57. The Morgan fingerprint density at radius 1 is 1.15 bits per heavy atom. The molecule has 2 fully saturated rings. The molecule has 0 amide bonds. The highest BCUT2D eigenvalue weighted by atomic mass is 16.7. The van der Waals surface area contributed by atoms with Crippen molar-refractivity contribution in [2.75, 3.05) is 19.6 Å². The summed E-state index contributed by atoms with van der Waals surface area (Å²) < 4.78 is 11.8. The standard InChI is InChI=1S/C16H23NO3/c18-14-8-9-16(19-13-6-2-1-3-7-13)20-15(14)12-17-10-4-5-11-17/h1-3,6-7,14-16,18H,4-5,8-12H2/t14-,15+,16-/m0/s1. The van der Waals surface area contributed by atoms with E-state index in [0.717, 1.165) is 38.2 Å². The Kier molecular flexibility index (Phi) is 4.55. The lowest BCUT2D eigenvalue weighted by Crippen LogP contribution is -2.47. The van der Waals surface area contributed by atoms with Gasteiger partial charge < -0.3 is 19.5 Å². The number of benzene rings is 1. The summed E-state index contributed by atoms with van der Waals surface area (Å²) in [4.78, 5) is 2.37. The van der Waals surface area contributed by atoms with Gasteiger partial charge in [0.2, 0.25) is 0 Å². The summed E-state index contributed by atoms with van der Waals surface area (Å²) in [7, 11) is 0. The monoisotopic (exact) mass is 277 g/mol. The first kappa shape index (κ1) is 13.9. The van der Waals surface area contributed by atoms with Crippen LogP contribution in [0.3, 0.4) is 0 Å². The van der Waals surface area contributed by atoms with Gasteiger partial charge in [-0.05, 0) is 44.5 Å². The van der Waals surface area contributed by atoms with E-state index in [0.29, 0.717) is 0 Å². The highest BCUT2D eigenvalue weighted by Gasteiger charge is 2.32. The van der Waals surface area contributed by atoms with Crippen LogP contribution in [0.2, 0.25) is 0 Å². The van der Waals surface area contributed by atoms with E-state index in [1.54, 1.807) is 0 Å². The van der Waals surface area contributed by atoms with Gasteiger partial charge in [0.05, 0.1) is 6.10 Å². The summed E-state index contributed by atoms with van der Waals surface area (Å²) in [6.07, 6.45) is 3.26. The van der Waals surface area contributed by atoms with Crippen LogP contribution in [0.15, 0.2) is 30.3 Å². The minimum absolute atomic E-state index is 0.129. The Bertz CT molecular complexity index is 405. The van der Waals surface area contributed by atoms with Gasteiger partial charge in [-0.15, -0.1) is 0 Å². The molecular formula is C16H23NO3. The van der Waals surface area contributed by atoms with E-state index in [4.69, 9.17) is 9.47 Å². The minimum Gasteiger partial charge on any atom is -0.465 e. The number of rotatable bonds is 4. The maximum Gasteiger partial charge on any atom is 0.200 e. The summed E-state index contributed by atoms with van der Waals surface area (Å²) >= 11 is 0. The van der Waals surface area contributed by atoms with Crippen molar-refractivity contribution in [1.82, 2.24) is 4.90 Å². The van der Waals surface area contributed by atoms with Crippen LogP contribution in [-0.2, 0) is 4.74 Å². The van der Waals surface area contributed by atoms with Gasteiger partial charge in [-0.3, -0.25) is 0 Å². The van der Waals surface area contributed by atoms with Crippen LogP contribution in [0, 0.1) is 0 Å². The number of aliphatic hydroxyl groups excluding tert-OH is 1. The molecule has 110 valence electrons. The number of hydrogen-bond donors (Lipinski definition) is 1.